The molecule has 0 saturated heterocycles. The Morgan fingerprint density at radius 1 is 0.789 bits per heavy atom. The SMILES string of the molecule is CCCCCCCCCNc1cc(Cl)c(Cl)cc1Cl. The van der Waals surface area contributed by atoms with E-state index in [1.807, 2.05) is 0 Å². The van der Waals surface area contributed by atoms with Gasteiger partial charge in [-0.15, -0.1) is 0 Å². The van der Waals surface area contributed by atoms with Crippen molar-refractivity contribution in [2.24, 2.45) is 0 Å². The largest absolute Gasteiger partial charge is 0.384 e. The normalized spacial score (nSPS) is 10.7. The highest BCUT2D eigenvalue weighted by atomic mass is 35.5. The van der Waals surface area contributed by atoms with Crippen LogP contribution in [0.3, 0.4) is 0 Å². The highest BCUT2D eigenvalue weighted by Gasteiger charge is 2.05. The summed E-state index contributed by atoms with van der Waals surface area (Å²) in [5.74, 6) is 0. The molecule has 0 bridgehead atoms. The zero-order chi connectivity index (χ0) is 14.1. The molecule has 0 fully saturated rings. The van der Waals surface area contributed by atoms with Crippen molar-refractivity contribution < 1.29 is 0 Å². The number of halogens is 3. The monoisotopic (exact) mass is 321 g/mol. The van der Waals surface area contributed by atoms with Gasteiger partial charge in [-0.3, -0.25) is 0 Å². The third-order valence-corrected chi connectivity index (χ3v) is 4.14. The summed E-state index contributed by atoms with van der Waals surface area (Å²) in [4.78, 5) is 0. The fourth-order valence-corrected chi connectivity index (χ4v) is 2.58. The van der Waals surface area contributed by atoms with Crippen molar-refractivity contribution in [1.82, 2.24) is 0 Å². The van der Waals surface area contributed by atoms with Crippen LogP contribution in [0.1, 0.15) is 51.9 Å². The molecule has 1 N–H and O–H groups in total. The molecule has 0 heterocycles. The highest BCUT2D eigenvalue weighted by molar-refractivity contribution is 6.44. The van der Waals surface area contributed by atoms with Crippen molar-refractivity contribution in [2.75, 3.05) is 11.9 Å². The predicted octanol–water partition coefficient (Wildman–Crippen LogP) is 6.81. The minimum atomic E-state index is 0.494. The molecule has 108 valence electrons. The summed E-state index contributed by atoms with van der Waals surface area (Å²) >= 11 is 17.9. The van der Waals surface area contributed by atoms with Gasteiger partial charge in [-0.1, -0.05) is 80.3 Å². The maximum atomic E-state index is 6.09. The van der Waals surface area contributed by atoms with Crippen molar-refractivity contribution in [1.29, 1.82) is 0 Å². The first-order chi connectivity index (χ1) is 9.15. The Morgan fingerprint density at radius 3 is 2.05 bits per heavy atom. The lowest BCUT2D eigenvalue weighted by atomic mass is 10.1. The lowest BCUT2D eigenvalue weighted by Crippen LogP contribution is -2.02. The summed E-state index contributed by atoms with van der Waals surface area (Å²) in [6, 6.07) is 3.46. The molecule has 1 nitrogen and oxygen atoms in total. The van der Waals surface area contributed by atoms with Crippen molar-refractivity contribution in [3.8, 4) is 0 Å². The lowest BCUT2D eigenvalue weighted by Gasteiger charge is -2.09. The predicted molar refractivity (Wildman–Crippen MR) is 88.0 cm³/mol. The molecule has 1 rings (SSSR count). The van der Waals surface area contributed by atoms with Gasteiger partial charge in [-0.2, -0.15) is 0 Å². The molecule has 0 atom stereocenters. The Hall–Kier alpha value is -0.110. The fourth-order valence-electron chi connectivity index (χ4n) is 1.96. The quantitative estimate of drug-likeness (QED) is 0.389. The fraction of sp³-hybridized carbons (Fsp3) is 0.600. The van der Waals surface area contributed by atoms with Gasteiger partial charge in [0.15, 0.2) is 0 Å². The van der Waals surface area contributed by atoms with Gasteiger partial charge in [0, 0.05) is 6.54 Å². The van der Waals surface area contributed by atoms with Crippen LogP contribution >= 0.6 is 34.8 Å². The van der Waals surface area contributed by atoms with Gasteiger partial charge in [0.25, 0.3) is 0 Å². The summed E-state index contributed by atoms with van der Waals surface area (Å²) < 4.78 is 0. The van der Waals surface area contributed by atoms with E-state index in [4.69, 9.17) is 34.8 Å². The number of benzene rings is 1. The highest BCUT2D eigenvalue weighted by Crippen LogP contribution is 2.32. The van der Waals surface area contributed by atoms with E-state index in [0.717, 1.165) is 18.7 Å². The molecule has 0 unspecified atom stereocenters. The van der Waals surface area contributed by atoms with Gasteiger partial charge >= 0.3 is 0 Å². The lowest BCUT2D eigenvalue weighted by molar-refractivity contribution is 0.596. The van der Waals surface area contributed by atoms with Crippen LogP contribution in [0, 0.1) is 0 Å². The van der Waals surface area contributed by atoms with Crippen LogP contribution in [0.4, 0.5) is 5.69 Å². The van der Waals surface area contributed by atoms with Crippen molar-refractivity contribution in [2.45, 2.75) is 51.9 Å². The van der Waals surface area contributed by atoms with Crippen LogP contribution < -0.4 is 5.32 Å². The van der Waals surface area contributed by atoms with E-state index in [9.17, 15) is 0 Å². The van der Waals surface area contributed by atoms with Crippen LogP contribution in [0.2, 0.25) is 15.1 Å². The topological polar surface area (TPSA) is 12.0 Å². The summed E-state index contributed by atoms with van der Waals surface area (Å²) in [6.07, 6.45) is 9.10. The zero-order valence-corrected chi connectivity index (χ0v) is 13.7. The molecule has 0 radical (unpaired) electrons. The molecule has 0 amide bonds. The van der Waals surface area contributed by atoms with Gasteiger partial charge < -0.3 is 5.32 Å². The molecule has 19 heavy (non-hydrogen) atoms. The molecule has 0 aliphatic rings. The molecular weight excluding hydrogens is 301 g/mol. The standard InChI is InChI=1S/C15H22Cl3N/c1-2-3-4-5-6-7-8-9-19-15-11-13(17)12(16)10-14(15)18/h10-11,19H,2-9H2,1H3. The Morgan fingerprint density at radius 2 is 1.37 bits per heavy atom. The molecule has 0 aliphatic heterocycles. The van der Waals surface area contributed by atoms with E-state index in [2.05, 4.69) is 12.2 Å². The van der Waals surface area contributed by atoms with E-state index in [1.54, 1.807) is 12.1 Å². The van der Waals surface area contributed by atoms with Crippen LogP contribution in [0.5, 0.6) is 0 Å². The summed E-state index contributed by atoms with van der Waals surface area (Å²) in [5.41, 5.74) is 0.863. The summed E-state index contributed by atoms with van der Waals surface area (Å²) in [5, 5.41) is 4.96. The van der Waals surface area contributed by atoms with Gasteiger partial charge in [0.05, 0.1) is 20.8 Å². The molecule has 0 spiro atoms. The van der Waals surface area contributed by atoms with E-state index in [0.29, 0.717) is 15.1 Å². The number of hydrogen-bond acceptors (Lipinski definition) is 1. The smallest absolute Gasteiger partial charge is 0.0653 e. The van der Waals surface area contributed by atoms with Gasteiger partial charge in [-0.25, -0.2) is 0 Å². The molecule has 0 saturated carbocycles. The van der Waals surface area contributed by atoms with Crippen LogP contribution in [-0.2, 0) is 0 Å². The van der Waals surface area contributed by atoms with E-state index in [-0.39, 0.29) is 0 Å². The van der Waals surface area contributed by atoms with Crippen molar-refractivity contribution in [3.63, 3.8) is 0 Å². The molecule has 4 heteroatoms. The average molecular weight is 323 g/mol. The van der Waals surface area contributed by atoms with E-state index >= 15 is 0 Å². The third kappa shape index (κ3) is 6.74. The Bertz CT molecular complexity index is 380. The van der Waals surface area contributed by atoms with Gasteiger partial charge in [0.2, 0.25) is 0 Å². The molecule has 0 aliphatic carbocycles. The number of unbranched alkanes of at least 4 members (excludes halogenated alkanes) is 6. The third-order valence-electron chi connectivity index (χ3n) is 3.11. The second kappa shape index (κ2) is 9.74. The Balaban J connectivity index is 2.17. The number of anilines is 1. The second-order valence-electron chi connectivity index (χ2n) is 4.79. The van der Waals surface area contributed by atoms with Crippen molar-refractivity contribution >= 4 is 40.5 Å². The maximum absolute atomic E-state index is 6.09. The summed E-state index contributed by atoms with van der Waals surface area (Å²) in [6.45, 7) is 3.16. The molecule has 0 aromatic heterocycles. The zero-order valence-electron chi connectivity index (χ0n) is 11.4. The minimum absolute atomic E-state index is 0.494. The first kappa shape index (κ1) is 16.9. The van der Waals surface area contributed by atoms with Crippen molar-refractivity contribution in [3.05, 3.63) is 27.2 Å². The molecule has 1 aromatic carbocycles. The second-order valence-corrected chi connectivity index (χ2v) is 6.02. The van der Waals surface area contributed by atoms with Crippen LogP contribution in [0.25, 0.3) is 0 Å². The first-order valence-electron chi connectivity index (χ1n) is 7.03. The minimum Gasteiger partial charge on any atom is -0.384 e. The Kier molecular flexibility index (Phi) is 8.69. The molecular formula is C15H22Cl3N. The van der Waals surface area contributed by atoms with Crippen LogP contribution in [0.15, 0.2) is 12.1 Å². The number of hydrogen-bond donors (Lipinski definition) is 1. The van der Waals surface area contributed by atoms with Crippen LogP contribution in [-0.4, -0.2) is 6.54 Å². The number of rotatable bonds is 9. The van der Waals surface area contributed by atoms with Gasteiger partial charge in [-0.05, 0) is 18.6 Å². The van der Waals surface area contributed by atoms with Gasteiger partial charge in [0.1, 0.15) is 0 Å². The average Bonchev–Trinajstić information content (AvgIpc) is 2.38. The summed E-state index contributed by atoms with van der Waals surface area (Å²) in [7, 11) is 0. The Labute approximate surface area is 131 Å². The first-order valence-corrected chi connectivity index (χ1v) is 8.17. The maximum Gasteiger partial charge on any atom is 0.0653 e. The molecule has 1 aromatic rings. The van der Waals surface area contributed by atoms with E-state index in [1.165, 1.54) is 38.5 Å². The number of nitrogens with one attached hydrogen (secondary N) is 1. The van der Waals surface area contributed by atoms with E-state index < -0.39 is 0 Å².